The molecule has 1 aromatic carbocycles. The van der Waals surface area contributed by atoms with Gasteiger partial charge in [0.15, 0.2) is 4.96 Å². The minimum Gasteiger partial charge on any atom is -0.460 e. The maximum Gasteiger partial charge on any atom is 0.195 e. The Balaban J connectivity index is 1.74. The lowest BCUT2D eigenvalue weighted by molar-refractivity contribution is 0.488. The highest BCUT2D eigenvalue weighted by Gasteiger charge is 2.21. The molecule has 0 aliphatic heterocycles. The Labute approximate surface area is 132 Å². The van der Waals surface area contributed by atoms with Crippen LogP contribution in [0.5, 0.6) is 0 Å². The number of aromatic nitrogens is 2. The van der Waals surface area contributed by atoms with Crippen molar-refractivity contribution in [1.29, 1.82) is 0 Å². The fraction of sp³-hybridized carbons (Fsp3) is 0.278. The van der Waals surface area contributed by atoms with Gasteiger partial charge in [-0.15, -0.1) is 0 Å². The van der Waals surface area contributed by atoms with Crippen LogP contribution in [0.4, 0.5) is 0 Å². The van der Waals surface area contributed by atoms with Gasteiger partial charge < -0.3 is 4.42 Å². The highest BCUT2D eigenvalue weighted by Crippen LogP contribution is 2.38. The first kappa shape index (κ1) is 12.5. The van der Waals surface area contributed by atoms with Crippen LogP contribution < -0.4 is 0 Å². The smallest absolute Gasteiger partial charge is 0.195 e. The van der Waals surface area contributed by atoms with Crippen molar-refractivity contribution in [2.45, 2.75) is 32.6 Å². The summed E-state index contributed by atoms with van der Waals surface area (Å²) in [5.41, 5.74) is 4.85. The number of benzene rings is 1. The van der Waals surface area contributed by atoms with E-state index in [1.165, 1.54) is 40.3 Å². The molecule has 0 saturated carbocycles. The van der Waals surface area contributed by atoms with Gasteiger partial charge in [-0.05, 0) is 49.9 Å². The minimum absolute atomic E-state index is 1.02. The largest absolute Gasteiger partial charge is 0.460 e. The summed E-state index contributed by atoms with van der Waals surface area (Å²) in [6, 6.07) is 10.6. The van der Waals surface area contributed by atoms with E-state index in [0.717, 1.165) is 29.1 Å². The summed E-state index contributed by atoms with van der Waals surface area (Å²) in [7, 11) is 0. The number of hydrogen-bond acceptors (Lipinski definition) is 3. The van der Waals surface area contributed by atoms with Gasteiger partial charge in [-0.3, -0.25) is 4.40 Å². The van der Waals surface area contributed by atoms with E-state index in [1.54, 1.807) is 11.3 Å². The van der Waals surface area contributed by atoms with E-state index >= 15 is 0 Å². The molecule has 0 atom stereocenters. The zero-order valence-electron chi connectivity index (χ0n) is 12.4. The SMILES string of the molecule is Cc1c(-c2cc3c(o2)CCCC3)sc2nc3ccccc3n12. The van der Waals surface area contributed by atoms with E-state index in [1.807, 2.05) is 6.07 Å². The zero-order valence-corrected chi connectivity index (χ0v) is 13.2. The molecule has 3 aromatic heterocycles. The predicted octanol–water partition coefficient (Wildman–Crippen LogP) is 5.00. The van der Waals surface area contributed by atoms with Crippen LogP contribution in [-0.2, 0) is 12.8 Å². The summed E-state index contributed by atoms with van der Waals surface area (Å²) in [4.78, 5) is 7.00. The molecule has 0 fully saturated rings. The maximum absolute atomic E-state index is 6.15. The Morgan fingerprint density at radius 2 is 2.05 bits per heavy atom. The van der Waals surface area contributed by atoms with Gasteiger partial charge in [0.1, 0.15) is 11.5 Å². The molecule has 1 aliphatic carbocycles. The number of aryl methyl sites for hydroxylation is 3. The Bertz CT molecular complexity index is 982. The molecule has 0 spiro atoms. The van der Waals surface area contributed by atoms with Crippen LogP contribution in [0.15, 0.2) is 34.7 Å². The maximum atomic E-state index is 6.15. The van der Waals surface area contributed by atoms with E-state index in [2.05, 4.69) is 35.6 Å². The molecule has 0 bridgehead atoms. The van der Waals surface area contributed by atoms with Gasteiger partial charge in [0.05, 0.1) is 15.9 Å². The van der Waals surface area contributed by atoms with E-state index in [9.17, 15) is 0 Å². The average Bonchev–Trinajstić information content (AvgIpc) is 3.19. The van der Waals surface area contributed by atoms with Crippen LogP contribution >= 0.6 is 11.3 Å². The third-order valence-corrected chi connectivity index (χ3v) is 5.76. The number of para-hydroxylation sites is 2. The zero-order chi connectivity index (χ0) is 14.7. The topological polar surface area (TPSA) is 30.4 Å². The van der Waals surface area contributed by atoms with Gasteiger partial charge >= 0.3 is 0 Å². The van der Waals surface area contributed by atoms with E-state index in [-0.39, 0.29) is 0 Å². The molecule has 0 amide bonds. The molecule has 0 radical (unpaired) electrons. The van der Waals surface area contributed by atoms with Crippen molar-refractivity contribution in [2.24, 2.45) is 0 Å². The minimum atomic E-state index is 1.02. The molecule has 3 nitrogen and oxygen atoms in total. The lowest BCUT2D eigenvalue weighted by atomic mass is 9.99. The highest BCUT2D eigenvalue weighted by atomic mass is 32.1. The number of rotatable bonds is 1. The molecular formula is C18H16N2OS. The van der Waals surface area contributed by atoms with Crippen molar-refractivity contribution in [3.8, 4) is 10.6 Å². The summed E-state index contributed by atoms with van der Waals surface area (Å²) < 4.78 is 8.40. The average molecular weight is 308 g/mol. The van der Waals surface area contributed by atoms with Crippen molar-refractivity contribution >= 4 is 27.3 Å². The summed E-state index contributed by atoms with van der Waals surface area (Å²) in [5, 5.41) is 0. The summed E-state index contributed by atoms with van der Waals surface area (Å²) in [6.45, 7) is 2.16. The van der Waals surface area contributed by atoms with Crippen molar-refractivity contribution in [2.75, 3.05) is 0 Å². The number of imidazole rings is 1. The Hall–Kier alpha value is -2.07. The van der Waals surface area contributed by atoms with Crippen LogP contribution in [0.25, 0.3) is 26.6 Å². The van der Waals surface area contributed by atoms with Gasteiger partial charge in [-0.25, -0.2) is 4.98 Å². The number of hydrogen-bond donors (Lipinski definition) is 0. The van der Waals surface area contributed by atoms with Gasteiger partial charge in [0.2, 0.25) is 0 Å². The van der Waals surface area contributed by atoms with E-state index in [0.29, 0.717) is 0 Å². The Morgan fingerprint density at radius 1 is 1.18 bits per heavy atom. The van der Waals surface area contributed by atoms with Crippen molar-refractivity contribution < 1.29 is 4.42 Å². The fourth-order valence-electron chi connectivity index (χ4n) is 3.49. The number of furan rings is 1. The number of thiazole rings is 1. The van der Waals surface area contributed by atoms with Crippen molar-refractivity contribution in [3.05, 3.63) is 47.3 Å². The standard InChI is InChI=1S/C18H16N2OS/c1-11-17(16-10-12-6-2-5-9-15(12)21-16)22-18-19-13-7-3-4-8-14(13)20(11)18/h3-4,7-8,10H,2,5-6,9H2,1H3. The molecular weight excluding hydrogens is 292 g/mol. The molecule has 4 heteroatoms. The van der Waals surface area contributed by atoms with Crippen LogP contribution in [0.1, 0.15) is 29.9 Å². The molecule has 0 N–H and O–H groups in total. The summed E-state index contributed by atoms with van der Waals surface area (Å²) in [6.07, 6.45) is 4.77. The summed E-state index contributed by atoms with van der Waals surface area (Å²) in [5.74, 6) is 2.21. The number of nitrogens with zero attached hydrogens (tertiary/aromatic N) is 2. The highest BCUT2D eigenvalue weighted by molar-refractivity contribution is 7.20. The van der Waals surface area contributed by atoms with Gasteiger partial charge in [-0.1, -0.05) is 23.5 Å². The monoisotopic (exact) mass is 308 g/mol. The first-order valence-electron chi connectivity index (χ1n) is 7.80. The first-order valence-corrected chi connectivity index (χ1v) is 8.61. The second-order valence-corrected chi connectivity index (χ2v) is 6.98. The Kier molecular flexibility index (Phi) is 2.53. The van der Waals surface area contributed by atoms with Crippen LogP contribution in [0.2, 0.25) is 0 Å². The molecule has 0 saturated heterocycles. The first-order chi connectivity index (χ1) is 10.8. The van der Waals surface area contributed by atoms with E-state index < -0.39 is 0 Å². The third-order valence-electron chi connectivity index (χ3n) is 4.61. The Morgan fingerprint density at radius 3 is 2.95 bits per heavy atom. The van der Waals surface area contributed by atoms with Crippen molar-refractivity contribution in [1.82, 2.24) is 9.38 Å². The lowest BCUT2D eigenvalue weighted by Crippen LogP contribution is -1.97. The van der Waals surface area contributed by atoms with Crippen LogP contribution in [0, 0.1) is 6.92 Å². The normalized spacial score (nSPS) is 14.8. The number of fused-ring (bicyclic) bond motifs is 4. The predicted molar refractivity (Wildman–Crippen MR) is 89.7 cm³/mol. The molecule has 22 heavy (non-hydrogen) atoms. The van der Waals surface area contributed by atoms with E-state index in [4.69, 9.17) is 9.40 Å². The third kappa shape index (κ3) is 1.64. The van der Waals surface area contributed by atoms with Crippen LogP contribution in [0.3, 0.4) is 0 Å². The van der Waals surface area contributed by atoms with Gasteiger partial charge in [0, 0.05) is 12.1 Å². The molecule has 110 valence electrons. The molecule has 4 aromatic rings. The van der Waals surface area contributed by atoms with Gasteiger partial charge in [-0.2, -0.15) is 0 Å². The second-order valence-electron chi connectivity index (χ2n) is 6.00. The molecule has 3 heterocycles. The second kappa shape index (κ2) is 4.46. The lowest BCUT2D eigenvalue weighted by Gasteiger charge is -2.07. The fourth-order valence-corrected chi connectivity index (χ4v) is 4.59. The quantitative estimate of drug-likeness (QED) is 0.495. The molecule has 1 aliphatic rings. The van der Waals surface area contributed by atoms with Gasteiger partial charge in [0.25, 0.3) is 0 Å². The molecule has 5 rings (SSSR count). The molecule has 0 unspecified atom stereocenters. The van der Waals surface area contributed by atoms with Crippen LogP contribution in [-0.4, -0.2) is 9.38 Å². The summed E-state index contributed by atoms with van der Waals surface area (Å²) >= 11 is 1.72. The van der Waals surface area contributed by atoms with Crippen molar-refractivity contribution in [3.63, 3.8) is 0 Å².